The highest BCUT2D eigenvalue weighted by Gasteiger charge is 2.37. The molecule has 0 heterocycles. The predicted molar refractivity (Wildman–Crippen MR) is 81.3 cm³/mol. The zero-order chi connectivity index (χ0) is 13.8. The van der Waals surface area contributed by atoms with E-state index in [0.29, 0.717) is 16.7 Å². The molecule has 0 spiro atoms. The summed E-state index contributed by atoms with van der Waals surface area (Å²) in [5, 5.41) is 3.75. The van der Waals surface area contributed by atoms with E-state index in [4.69, 9.17) is 0 Å². The molecular formula is C15H31NOS. The van der Waals surface area contributed by atoms with Crippen molar-refractivity contribution < 1.29 is 4.21 Å². The van der Waals surface area contributed by atoms with Crippen molar-refractivity contribution in [3.63, 3.8) is 0 Å². The standard InChI is InChI=1S/C15H31NOS/c1-6-7-10-18(17)14-11-12(15(2,3)4)8-9-13(14)16-5/h12-14,16H,6-11H2,1-5H3. The fourth-order valence-corrected chi connectivity index (χ4v) is 4.94. The van der Waals surface area contributed by atoms with Gasteiger partial charge < -0.3 is 5.32 Å². The van der Waals surface area contributed by atoms with Crippen LogP contribution in [0.5, 0.6) is 0 Å². The van der Waals surface area contributed by atoms with Gasteiger partial charge in [0.15, 0.2) is 0 Å². The van der Waals surface area contributed by atoms with Gasteiger partial charge >= 0.3 is 0 Å². The van der Waals surface area contributed by atoms with E-state index in [-0.39, 0.29) is 0 Å². The zero-order valence-electron chi connectivity index (χ0n) is 12.8. The molecule has 4 unspecified atom stereocenters. The first-order valence-electron chi connectivity index (χ1n) is 7.44. The molecule has 1 rings (SSSR count). The number of hydrogen-bond donors (Lipinski definition) is 1. The first-order chi connectivity index (χ1) is 8.40. The van der Waals surface area contributed by atoms with E-state index in [9.17, 15) is 4.21 Å². The quantitative estimate of drug-likeness (QED) is 0.832. The molecule has 0 amide bonds. The highest BCUT2D eigenvalue weighted by molar-refractivity contribution is 7.85. The van der Waals surface area contributed by atoms with Crippen molar-refractivity contribution in [3.05, 3.63) is 0 Å². The second-order valence-corrected chi connectivity index (χ2v) is 8.52. The van der Waals surface area contributed by atoms with Gasteiger partial charge in [-0.05, 0) is 44.1 Å². The monoisotopic (exact) mass is 273 g/mol. The smallest absolute Gasteiger partial charge is 0.0503 e. The van der Waals surface area contributed by atoms with Crippen molar-refractivity contribution in [2.75, 3.05) is 12.8 Å². The van der Waals surface area contributed by atoms with Crippen LogP contribution in [0, 0.1) is 11.3 Å². The molecule has 1 saturated carbocycles. The van der Waals surface area contributed by atoms with Crippen molar-refractivity contribution >= 4 is 10.8 Å². The number of hydrogen-bond acceptors (Lipinski definition) is 2. The Hall–Kier alpha value is 0.110. The average molecular weight is 273 g/mol. The van der Waals surface area contributed by atoms with Crippen molar-refractivity contribution in [2.45, 2.75) is 71.1 Å². The van der Waals surface area contributed by atoms with Gasteiger partial charge in [0, 0.05) is 22.6 Å². The summed E-state index contributed by atoms with van der Waals surface area (Å²) < 4.78 is 12.5. The second kappa shape index (κ2) is 7.04. The molecule has 4 atom stereocenters. The Morgan fingerprint density at radius 2 is 1.94 bits per heavy atom. The van der Waals surface area contributed by atoms with E-state index >= 15 is 0 Å². The molecule has 108 valence electrons. The lowest BCUT2D eigenvalue weighted by molar-refractivity contribution is 0.166. The minimum absolute atomic E-state index is 0.353. The van der Waals surface area contributed by atoms with Gasteiger partial charge in [-0.1, -0.05) is 34.1 Å². The van der Waals surface area contributed by atoms with Crippen LogP contribution < -0.4 is 5.32 Å². The van der Waals surface area contributed by atoms with E-state index in [1.807, 2.05) is 7.05 Å². The Kier molecular flexibility index (Phi) is 6.32. The van der Waals surface area contributed by atoms with Gasteiger partial charge in [-0.2, -0.15) is 0 Å². The molecule has 1 N–H and O–H groups in total. The van der Waals surface area contributed by atoms with Gasteiger partial charge in [-0.25, -0.2) is 0 Å². The van der Waals surface area contributed by atoms with Crippen LogP contribution in [-0.4, -0.2) is 28.3 Å². The summed E-state index contributed by atoms with van der Waals surface area (Å²) in [5.74, 6) is 1.61. The minimum Gasteiger partial charge on any atom is -0.316 e. The van der Waals surface area contributed by atoms with E-state index < -0.39 is 10.8 Å². The van der Waals surface area contributed by atoms with Crippen molar-refractivity contribution in [1.29, 1.82) is 0 Å². The second-order valence-electron chi connectivity index (χ2n) is 6.75. The van der Waals surface area contributed by atoms with E-state index in [1.54, 1.807) is 0 Å². The van der Waals surface area contributed by atoms with Gasteiger partial charge in [0.2, 0.25) is 0 Å². The van der Waals surface area contributed by atoms with Crippen LogP contribution >= 0.6 is 0 Å². The predicted octanol–water partition coefficient (Wildman–Crippen LogP) is 3.34. The van der Waals surface area contributed by atoms with Gasteiger partial charge in [-0.15, -0.1) is 0 Å². The van der Waals surface area contributed by atoms with E-state index in [2.05, 4.69) is 33.0 Å². The fourth-order valence-electron chi connectivity index (χ4n) is 2.97. The molecule has 0 radical (unpaired) electrons. The third-order valence-corrected chi connectivity index (χ3v) is 6.31. The molecule has 1 aliphatic rings. The van der Waals surface area contributed by atoms with E-state index in [0.717, 1.165) is 30.9 Å². The molecular weight excluding hydrogens is 242 g/mol. The molecule has 0 aliphatic heterocycles. The number of unbranched alkanes of at least 4 members (excludes halogenated alkanes) is 1. The van der Waals surface area contributed by atoms with Crippen LogP contribution in [0.3, 0.4) is 0 Å². The third kappa shape index (κ3) is 4.34. The van der Waals surface area contributed by atoms with Crippen molar-refractivity contribution in [1.82, 2.24) is 5.32 Å². The summed E-state index contributed by atoms with van der Waals surface area (Å²) in [4.78, 5) is 0. The minimum atomic E-state index is -0.654. The van der Waals surface area contributed by atoms with Gasteiger partial charge in [0.1, 0.15) is 0 Å². The van der Waals surface area contributed by atoms with Crippen LogP contribution in [0.1, 0.15) is 59.8 Å². The third-order valence-electron chi connectivity index (χ3n) is 4.42. The Bertz CT molecular complexity index is 272. The van der Waals surface area contributed by atoms with Gasteiger partial charge in [0.05, 0.1) is 5.25 Å². The topological polar surface area (TPSA) is 29.1 Å². The van der Waals surface area contributed by atoms with Crippen molar-refractivity contribution in [2.24, 2.45) is 11.3 Å². The lowest BCUT2D eigenvalue weighted by Crippen LogP contribution is -2.47. The lowest BCUT2D eigenvalue weighted by atomic mass is 9.71. The van der Waals surface area contributed by atoms with Crippen LogP contribution in [0.4, 0.5) is 0 Å². The molecule has 2 nitrogen and oxygen atoms in total. The summed E-state index contributed by atoms with van der Waals surface area (Å²) in [6.07, 6.45) is 5.83. The largest absolute Gasteiger partial charge is 0.316 e. The Balaban J connectivity index is 2.67. The Morgan fingerprint density at radius 3 is 2.44 bits per heavy atom. The average Bonchev–Trinajstić information content (AvgIpc) is 2.34. The summed E-state index contributed by atoms with van der Waals surface area (Å²) >= 11 is 0. The highest BCUT2D eigenvalue weighted by atomic mass is 32.2. The summed E-state index contributed by atoms with van der Waals surface area (Å²) in [7, 11) is 1.37. The normalized spacial score (nSPS) is 31.3. The molecule has 0 aromatic carbocycles. The molecule has 1 aliphatic carbocycles. The summed E-state index contributed by atoms with van der Waals surface area (Å²) in [6.45, 7) is 9.14. The molecule has 0 aromatic heterocycles. The molecule has 0 saturated heterocycles. The summed E-state index contributed by atoms with van der Waals surface area (Å²) in [5.41, 5.74) is 0.353. The molecule has 18 heavy (non-hydrogen) atoms. The Labute approximate surface area is 116 Å². The van der Waals surface area contributed by atoms with Crippen LogP contribution in [0.25, 0.3) is 0 Å². The highest BCUT2D eigenvalue weighted by Crippen LogP contribution is 2.39. The maximum absolute atomic E-state index is 12.5. The molecule has 3 heteroatoms. The SMILES string of the molecule is CCCCS(=O)C1CC(C(C)(C)C)CCC1NC. The maximum atomic E-state index is 12.5. The maximum Gasteiger partial charge on any atom is 0.0503 e. The zero-order valence-corrected chi connectivity index (χ0v) is 13.6. The van der Waals surface area contributed by atoms with Crippen LogP contribution in [0.15, 0.2) is 0 Å². The Morgan fingerprint density at radius 1 is 1.28 bits per heavy atom. The fraction of sp³-hybridized carbons (Fsp3) is 1.00. The molecule has 0 aromatic rings. The van der Waals surface area contributed by atoms with E-state index in [1.165, 1.54) is 12.8 Å². The summed E-state index contributed by atoms with van der Waals surface area (Å²) in [6, 6.07) is 0.460. The first kappa shape index (κ1) is 16.2. The number of rotatable bonds is 5. The van der Waals surface area contributed by atoms with Crippen LogP contribution in [-0.2, 0) is 10.8 Å². The van der Waals surface area contributed by atoms with Gasteiger partial charge in [-0.3, -0.25) is 4.21 Å². The molecule has 1 fully saturated rings. The lowest BCUT2D eigenvalue weighted by Gasteiger charge is -2.41. The number of nitrogens with one attached hydrogen (secondary N) is 1. The van der Waals surface area contributed by atoms with Gasteiger partial charge in [0.25, 0.3) is 0 Å². The molecule has 0 bridgehead atoms. The van der Waals surface area contributed by atoms with Crippen molar-refractivity contribution in [3.8, 4) is 0 Å². The van der Waals surface area contributed by atoms with Crippen LogP contribution in [0.2, 0.25) is 0 Å². The first-order valence-corrected chi connectivity index (χ1v) is 8.82.